The highest BCUT2D eigenvalue weighted by atomic mass is 16.3. The van der Waals surface area contributed by atoms with E-state index in [4.69, 9.17) is 0 Å². The molecule has 0 bridgehead atoms. The molecule has 1 aromatic rings. The zero-order valence-electron chi connectivity index (χ0n) is 7.42. The van der Waals surface area contributed by atoms with E-state index in [1.165, 1.54) is 0 Å². The summed E-state index contributed by atoms with van der Waals surface area (Å²) >= 11 is 0. The van der Waals surface area contributed by atoms with Crippen LogP contribution in [0.2, 0.25) is 0 Å². The van der Waals surface area contributed by atoms with Crippen molar-refractivity contribution in [2.24, 2.45) is 7.05 Å². The fraction of sp³-hybridized carbons (Fsp3) is 0.625. The summed E-state index contributed by atoms with van der Waals surface area (Å²) in [7, 11) is 1.88. The molecule has 0 saturated heterocycles. The SMILES string of the molecule is Cc1nn(C)c(C)c1[C@H](C)O. The van der Waals surface area contributed by atoms with E-state index in [-0.39, 0.29) is 0 Å². The highest BCUT2D eigenvalue weighted by Gasteiger charge is 2.12. The molecule has 11 heavy (non-hydrogen) atoms. The molecule has 1 atom stereocenters. The lowest BCUT2D eigenvalue weighted by Gasteiger charge is -2.03. The minimum absolute atomic E-state index is 0.413. The van der Waals surface area contributed by atoms with Crippen molar-refractivity contribution in [1.82, 2.24) is 9.78 Å². The van der Waals surface area contributed by atoms with E-state index in [2.05, 4.69) is 5.10 Å². The first-order chi connectivity index (χ1) is 5.04. The van der Waals surface area contributed by atoms with E-state index in [1.807, 2.05) is 20.9 Å². The first kappa shape index (κ1) is 8.27. The zero-order valence-corrected chi connectivity index (χ0v) is 7.42. The Balaban J connectivity index is 3.22. The molecule has 0 aliphatic heterocycles. The molecule has 0 unspecified atom stereocenters. The lowest BCUT2D eigenvalue weighted by atomic mass is 10.1. The Hall–Kier alpha value is -0.830. The average Bonchev–Trinajstić information content (AvgIpc) is 2.07. The summed E-state index contributed by atoms with van der Waals surface area (Å²) in [4.78, 5) is 0. The topological polar surface area (TPSA) is 38.0 Å². The van der Waals surface area contributed by atoms with Crippen molar-refractivity contribution in [3.8, 4) is 0 Å². The van der Waals surface area contributed by atoms with Gasteiger partial charge in [-0.2, -0.15) is 5.10 Å². The standard InChI is InChI=1S/C8H14N2O/c1-5-8(7(3)11)6(2)10(4)9-5/h7,11H,1-4H3/t7-/m0/s1. The number of hydrogen-bond acceptors (Lipinski definition) is 2. The molecular weight excluding hydrogens is 140 g/mol. The Kier molecular flexibility index (Phi) is 2.00. The Morgan fingerprint density at radius 3 is 2.18 bits per heavy atom. The van der Waals surface area contributed by atoms with E-state index >= 15 is 0 Å². The van der Waals surface area contributed by atoms with Crippen molar-refractivity contribution in [3.63, 3.8) is 0 Å². The fourth-order valence-corrected chi connectivity index (χ4v) is 1.39. The van der Waals surface area contributed by atoms with E-state index in [9.17, 15) is 5.11 Å². The van der Waals surface area contributed by atoms with E-state index in [0.29, 0.717) is 0 Å². The summed E-state index contributed by atoms with van der Waals surface area (Å²) in [5, 5.41) is 13.5. The molecule has 0 aliphatic rings. The Morgan fingerprint density at radius 1 is 1.45 bits per heavy atom. The third-order valence-corrected chi connectivity index (χ3v) is 1.98. The van der Waals surface area contributed by atoms with Crippen LogP contribution in [0.25, 0.3) is 0 Å². The number of aliphatic hydroxyl groups is 1. The number of aliphatic hydroxyl groups excluding tert-OH is 1. The summed E-state index contributed by atoms with van der Waals surface area (Å²) in [5.74, 6) is 0. The third-order valence-electron chi connectivity index (χ3n) is 1.98. The summed E-state index contributed by atoms with van der Waals surface area (Å²) in [6.45, 7) is 5.63. The normalized spacial score (nSPS) is 13.5. The summed E-state index contributed by atoms with van der Waals surface area (Å²) < 4.78 is 1.79. The van der Waals surface area contributed by atoms with Crippen molar-refractivity contribution in [2.45, 2.75) is 26.9 Å². The van der Waals surface area contributed by atoms with Gasteiger partial charge in [-0.3, -0.25) is 4.68 Å². The maximum absolute atomic E-state index is 9.35. The molecule has 1 aromatic heterocycles. The largest absolute Gasteiger partial charge is 0.389 e. The summed E-state index contributed by atoms with van der Waals surface area (Å²) in [5.41, 5.74) is 2.91. The van der Waals surface area contributed by atoms with Gasteiger partial charge in [0.25, 0.3) is 0 Å². The average molecular weight is 154 g/mol. The molecule has 0 aliphatic carbocycles. The summed E-state index contributed by atoms with van der Waals surface area (Å²) in [6, 6.07) is 0. The van der Waals surface area contributed by atoms with Crippen molar-refractivity contribution in [3.05, 3.63) is 17.0 Å². The molecular formula is C8H14N2O. The molecule has 1 N–H and O–H groups in total. The van der Waals surface area contributed by atoms with Crippen LogP contribution in [0.15, 0.2) is 0 Å². The second-order valence-corrected chi connectivity index (χ2v) is 2.88. The highest BCUT2D eigenvalue weighted by Crippen LogP contribution is 2.19. The highest BCUT2D eigenvalue weighted by molar-refractivity contribution is 5.26. The van der Waals surface area contributed by atoms with Crippen LogP contribution in [0.1, 0.15) is 30.0 Å². The van der Waals surface area contributed by atoms with Crippen LogP contribution in [0.4, 0.5) is 0 Å². The maximum Gasteiger partial charge on any atom is 0.0797 e. The van der Waals surface area contributed by atoms with Gasteiger partial charge in [-0.05, 0) is 20.8 Å². The monoisotopic (exact) mass is 154 g/mol. The number of rotatable bonds is 1. The molecule has 62 valence electrons. The molecule has 0 radical (unpaired) electrons. The Labute approximate surface area is 66.7 Å². The smallest absolute Gasteiger partial charge is 0.0797 e. The number of aromatic nitrogens is 2. The van der Waals surface area contributed by atoms with Crippen LogP contribution >= 0.6 is 0 Å². The predicted octanol–water partition coefficient (Wildman–Crippen LogP) is 1.09. The van der Waals surface area contributed by atoms with Gasteiger partial charge < -0.3 is 5.11 Å². The van der Waals surface area contributed by atoms with Crippen molar-refractivity contribution in [2.75, 3.05) is 0 Å². The second kappa shape index (κ2) is 2.66. The van der Waals surface area contributed by atoms with Crippen LogP contribution in [-0.2, 0) is 7.05 Å². The maximum atomic E-state index is 9.35. The van der Waals surface area contributed by atoms with Crippen LogP contribution in [0, 0.1) is 13.8 Å². The van der Waals surface area contributed by atoms with Gasteiger partial charge >= 0.3 is 0 Å². The fourth-order valence-electron chi connectivity index (χ4n) is 1.39. The minimum Gasteiger partial charge on any atom is -0.389 e. The molecule has 1 rings (SSSR count). The van der Waals surface area contributed by atoms with Gasteiger partial charge in [-0.15, -0.1) is 0 Å². The number of nitrogens with zero attached hydrogens (tertiary/aromatic N) is 2. The number of aryl methyl sites for hydroxylation is 2. The molecule has 0 spiro atoms. The van der Waals surface area contributed by atoms with E-state index in [1.54, 1.807) is 11.6 Å². The van der Waals surface area contributed by atoms with Crippen LogP contribution in [0.5, 0.6) is 0 Å². The third kappa shape index (κ3) is 1.28. The van der Waals surface area contributed by atoms with Gasteiger partial charge in [0, 0.05) is 18.3 Å². The molecule has 1 heterocycles. The van der Waals surface area contributed by atoms with Gasteiger partial charge in [-0.1, -0.05) is 0 Å². The molecule has 0 aromatic carbocycles. The van der Waals surface area contributed by atoms with Gasteiger partial charge in [-0.25, -0.2) is 0 Å². The van der Waals surface area contributed by atoms with Crippen LogP contribution in [-0.4, -0.2) is 14.9 Å². The molecule has 0 amide bonds. The van der Waals surface area contributed by atoms with Crippen molar-refractivity contribution >= 4 is 0 Å². The van der Waals surface area contributed by atoms with Crippen LogP contribution < -0.4 is 0 Å². The first-order valence-corrected chi connectivity index (χ1v) is 3.72. The predicted molar refractivity (Wildman–Crippen MR) is 43.3 cm³/mol. The van der Waals surface area contributed by atoms with Crippen molar-refractivity contribution < 1.29 is 5.11 Å². The Morgan fingerprint density at radius 2 is 2.00 bits per heavy atom. The Bertz CT molecular complexity index is 263. The molecule has 3 heteroatoms. The molecule has 3 nitrogen and oxygen atoms in total. The van der Waals surface area contributed by atoms with E-state index in [0.717, 1.165) is 17.0 Å². The van der Waals surface area contributed by atoms with E-state index < -0.39 is 6.10 Å². The van der Waals surface area contributed by atoms with Crippen molar-refractivity contribution in [1.29, 1.82) is 0 Å². The summed E-state index contributed by atoms with van der Waals surface area (Å²) in [6.07, 6.45) is -0.413. The lowest BCUT2D eigenvalue weighted by Crippen LogP contribution is -1.96. The lowest BCUT2D eigenvalue weighted by molar-refractivity contribution is 0.197. The minimum atomic E-state index is -0.413. The van der Waals surface area contributed by atoms with Gasteiger partial charge in [0.2, 0.25) is 0 Å². The molecule has 0 saturated carbocycles. The van der Waals surface area contributed by atoms with Crippen LogP contribution in [0.3, 0.4) is 0 Å². The first-order valence-electron chi connectivity index (χ1n) is 3.72. The zero-order chi connectivity index (χ0) is 8.59. The van der Waals surface area contributed by atoms with Gasteiger partial charge in [0.1, 0.15) is 0 Å². The molecule has 0 fully saturated rings. The second-order valence-electron chi connectivity index (χ2n) is 2.88. The van der Waals surface area contributed by atoms with Gasteiger partial charge in [0.05, 0.1) is 11.8 Å². The number of hydrogen-bond donors (Lipinski definition) is 1. The van der Waals surface area contributed by atoms with Gasteiger partial charge in [0.15, 0.2) is 0 Å². The quantitative estimate of drug-likeness (QED) is 0.657.